The van der Waals surface area contributed by atoms with E-state index in [1.54, 1.807) is 12.3 Å². The summed E-state index contributed by atoms with van der Waals surface area (Å²) < 4.78 is 0. The van der Waals surface area contributed by atoms with Gasteiger partial charge in [-0.3, -0.25) is 4.79 Å². The molecule has 31 heavy (non-hydrogen) atoms. The summed E-state index contributed by atoms with van der Waals surface area (Å²) in [6.07, 6.45) is 10.4. The fraction of sp³-hybridized carbons (Fsp3) is 0.292. The van der Waals surface area contributed by atoms with Crippen molar-refractivity contribution in [1.29, 1.82) is 10.5 Å². The number of aromatic amines is 1. The number of allylic oxidation sites excluding steroid dienone is 2. The second-order valence-corrected chi connectivity index (χ2v) is 7.98. The molecule has 0 saturated carbocycles. The summed E-state index contributed by atoms with van der Waals surface area (Å²) in [4.78, 5) is 15.0. The number of rotatable bonds is 6. The van der Waals surface area contributed by atoms with Gasteiger partial charge in [-0.2, -0.15) is 10.5 Å². The van der Waals surface area contributed by atoms with Crippen LogP contribution in [-0.4, -0.2) is 28.6 Å². The summed E-state index contributed by atoms with van der Waals surface area (Å²) in [6.45, 7) is 0. The zero-order valence-corrected chi connectivity index (χ0v) is 18.4. The van der Waals surface area contributed by atoms with Crippen molar-refractivity contribution in [3.05, 3.63) is 70.6 Å². The maximum atomic E-state index is 11.8. The number of halogens is 2. The largest absolute Gasteiger partial charge is 0.383 e. The molecule has 0 amide bonds. The van der Waals surface area contributed by atoms with Crippen molar-refractivity contribution >= 4 is 39.9 Å². The first kappa shape index (κ1) is 22.7. The van der Waals surface area contributed by atoms with E-state index in [1.165, 1.54) is 5.56 Å². The van der Waals surface area contributed by atoms with Crippen LogP contribution in [0.2, 0.25) is 0 Å². The number of alkyl halides is 2. The maximum Gasteiger partial charge on any atom is 0.165 e. The van der Waals surface area contributed by atoms with Gasteiger partial charge in [-0.15, -0.1) is 23.2 Å². The Morgan fingerprint density at radius 1 is 1.19 bits per heavy atom. The van der Waals surface area contributed by atoms with Crippen LogP contribution in [0.1, 0.15) is 30.4 Å². The highest BCUT2D eigenvalue weighted by molar-refractivity contribution is 6.20. The van der Waals surface area contributed by atoms with Gasteiger partial charge < -0.3 is 10.3 Å². The van der Waals surface area contributed by atoms with Crippen LogP contribution in [0, 0.1) is 22.7 Å². The SMILES string of the molecule is N#CC1=CCC2NC=C(C(=O)CCCl)C2=C1.N#Cc1ccc2[nH]cc(CCCCl)c2c1. The molecule has 4 rings (SSSR count). The van der Waals surface area contributed by atoms with Gasteiger partial charge in [0.25, 0.3) is 0 Å². The molecule has 7 heteroatoms. The molecule has 1 aliphatic heterocycles. The molecule has 0 fully saturated rings. The average molecular weight is 453 g/mol. The van der Waals surface area contributed by atoms with Gasteiger partial charge in [-0.05, 0) is 54.7 Å². The van der Waals surface area contributed by atoms with Gasteiger partial charge in [0.1, 0.15) is 0 Å². The monoisotopic (exact) mass is 452 g/mol. The van der Waals surface area contributed by atoms with Crippen molar-refractivity contribution in [2.75, 3.05) is 11.8 Å². The van der Waals surface area contributed by atoms with Gasteiger partial charge in [0.2, 0.25) is 0 Å². The van der Waals surface area contributed by atoms with E-state index in [0.29, 0.717) is 34.9 Å². The van der Waals surface area contributed by atoms with Crippen molar-refractivity contribution in [3.63, 3.8) is 0 Å². The van der Waals surface area contributed by atoms with Crippen LogP contribution in [0.3, 0.4) is 0 Å². The van der Waals surface area contributed by atoms with Gasteiger partial charge in [0.15, 0.2) is 5.78 Å². The second-order valence-electron chi connectivity index (χ2n) is 7.22. The number of nitrogens with zero attached hydrogens (tertiary/aromatic N) is 2. The fourth-order valence-corrected chi connectivity index (χ4v) is 3.95. The van der Waals surface area contributed by atoms with Gasteiger partial charge in [-0.25, -0.2) is 0 Å². The average Bonchev–Trinajstić information content (AvgIpc) is 3.41. The number of Topliss-reactive ketones (excluding diaryl/α,β-unsaturated/α-hetero) is 1. The maximum absolute atomic E-state index is 11.8. The van der Waals surface area contributed by atoms with Gasteiger partial charge >= 0.3 is 0 Å². The Balaban J connectivity index is 0.000000176. The smallest absolute Gasteiger partial charge is 0.165 e. The molecule has 1 unspecified atom stereocenters. The van der Waals surface area contributed by atoms with Crippen molar-refractivity contribution in [3.8, 4) is 12.1 Å². The van der Waals surface area contributed by atoms with E-state index in [4.69, 9.17) is 33.7 Å². The van der Waals surface area contributed by atoms with E-state index >= 15 is 0 Å². The molecule has 0 spiro atoms. The van der Waals surface area contributed by atoms with Crippen molar-refractivity contribution in [2.45, 2.75) is 31.7 Å². The first-order valence-corrected chi connectivity index (χ1v) is 11.1. The molecule has 2 aromatic rings. The molecule has 0 bridgehead atoms. The Bertz CT molecular complexity index is 1140. The number of ketones is 1. The number of H-pyrrole nitrogens is 1. The first-order chi connectivity index (χ1) is 15.1. The summed E-state index contributed by atoms with van der Waals surface area (Å²) in [5.74, 6) is 1.04. The molecule has 0 radical (unpaired) electrons. The highest BCUT2D eigenvalue weighted by Gasteiger charge is 2.28. The number of hydrogen-bond donors (Lipinski definition) is 2. The predicted molar refractivity (Wildman–Crippen MR) is 124 cm³/mol. The number of aryl methyl sites for hydroxylation is 1. The van der Waals surface area contributed by atoms with Crippen molar-refractivity contribution in [2.24, 2.45) is 0 Å². The minimum atomic E-state index is 0.0374. The lowest BCUT2D eigenvalue weighted by atomic mass is 9.90. The summed E-state index contributed by atoms with van der Waals surface area (Å²) >= 11 is 11.2. The molecule has 2 aliphatic rings. The zero-order chi connectivity index (χ0) is 22.2. The molecule has 158 valence electrons. The minimum absolute atomic E-state index is 0.0374. The standard InChI is InChI=1S/C12H11ClN2O.C12H11ClN2/c13-4-3-12(16)10-7-15-11-2-1-8(6-14)5-9(10)11;13-5-1-2-10-8-15-12-4-3-9(7-14)6-11(10)12/h1,5,7,11,15H,2-4H2;3-4,6,8,15H,1-2,5H2. The molecular formula is C24H22Cl2N4O. The van der Waals surface area contributed by atoms with E-state index in [1.807, 2.05) is 30.5 Å². The van der Waals surface area contributed by atoms with Crippen LogP contribution in [-0.2, 0) is 11.2 Å². The molecule has 0 saturated heterocycles. The number of aromatic nitrogens is 1. The van der Waals surface area contributed by atoms with Crippen molar-refractivity contribution < 1.29 is 4.79 Å². The Morgan fingerprint density at radius 2 is 2.03 bits per heavy atom. The molecule has 1 aromatic heterocycles. The molecule has 5 nitrogen and oxygen atoms in total. The van der Waals surface area contributed by atoms with Crippen LogP contribution in [0.15, 0.2) is 59.5 Å². The van der Waals surface area contributed by atoms with E-state index in [-0.39, 0.29) is 11.8 Å². The van der Waals surface area contributed by atoms with Crippen LogP contribution >= 0.6 is 23.2 Å². The number of nitriles is 2. The molecule has 2 N–H and O–H groups in total. The molecular weight excluding hydrogens is 431 g/mol. The number of carbonyl (C=O) groups is 1. The van der Waals surface area contributed by atoms with Crippen molar-refractivity contribution in [1.82, 2.24) is 10.3 Å². The summed E-state index contributed by atoms with van der Waals surface area (Å²) in [7, 11) is 0. The summed E-state index contributed by atoms with van der Waals surface area (Å²) in [6, 6.07) is 10.1. The van der Waals surface area contributed by atoms with E-state index in [2.05, 4.69) is 22.4 Å². The fourth-order valence-electron chi connectivity index (χ4n) is 3.64. The first-order valence-electron chi connectivity index (χ1n) is 10.0. The Hall–Kier alpha value is -2.99. The van der Waals surface area contributed by atoms with Crippen LogP contribution < -0.4 is 5.32 Å². The van der Waals surface area contributed by atoms with Gasteiger partial charge in [-0.1, -0.05) is 6.08 Å². The number of benzene rings is 1. The minimum Gasteiger partial charge on any atom is -0.383 e. The molecule has 1 aromatic carbocycles. The topological polar surface area (TPSA) is 92.5 Å². The lowest BCUT2D eigenvalue weighted by Crippen LogP contribution is -2.23. The predicted octanol–water partition coefficient (Wildman–Crippen LogP) is 5.03. The highest BCUT2D eigenvalue weighted by Crippen LogP contribution is 2.29. The third kappa shape index (κ3) is 5.39. The molecule has 1 atom stereocenters. The van der Waals surface area contributed by atoms with Crippen LogP contribution in [0.4, 0.5) is 0 Å². The van der Waals surface area contributed by atoms with E-state index in [0.717, 1.165) is 35.7 Å². The zero-order valence-electron chi connectivity index (χ0n) is 16.9. The summed E-state index contributed by atoms with van der Waals surface area (Å²) in [5, 5.41) is 21.9. The highest BCUT2D eigenvalue weighted by atomic mass is 35.5. The molecule has 2 heterocycles. The number of nitrogens with one attached hydrogen (secondary N) is 2. The van der Waals surface area contributed by atoms with Crippen LogP contribution in [0.5, 0.6) is 0 Å². The summed E-state index contributed by atoms with van der Waals surface area (Å²) in [5.41, 5.74) is 5.25. The van der Waals surface area contributed by atoms with E-state index < -0.39 is 0 Å². The number of fused-ring (bicyclic) bond motifs is 2. The Labute approximate surface area is 191 Å². The second kappa shape index (κ2) is 10.9. The van der Waals surface area contributed by atoms with E-state index in [9.17, 15) is 4.79 Å². The van der Waals surface area contributed by atoms with Gasteiger partial charge in [0, 0.05) is 52.6 Å². The normalized spacial score (nSPS) is 16.5. The third-order valence-corrected chi connectivity index (χ3v) is 5.68. The quantitative estimate of drug-likeness (QED) is 0.600. The third-order valence-electron chi connectivity index (χ3n) is 5.23. The lowest BCUT2D eigenvalue weighted by molar-refractivity contribution is -0.114. The lowest BCUT2D eigenvalue weighted by Gasteiger charge is -2.16. The number of carbonyl (C=O) groups excluding carboxylic acids is 1. The molecule has 1 aliphatic carbocycles. The van der Waals surface area contributed by atoms with Gasteiger partial charge in [0.05, 0.1) is 23.7 Å². The number of hydrogen-bond acceptors (Lipinski definition) is 4. The Kier molecular flexibility index (Phi) is 7.95. The Morgan fingerprint density at radius 3 is 2.74 bits per heavy atom. The van der Waals surface area contributed by atoms with Crippen LogP contribution in [0.25, 0.3) is 10.9 Å².